The van der Waals surface area contributed by atoms with Gasteiger partial charge in [-0.05, 0) is 67.6 Å². The van der Waals surface area contributed by atoms with Crippen LogP contribution in [0.3, 0.4) is 0 Å². The van der Waals surface area contributed by atoms with Gasteiger partial charge in [0.15, 0.2) is 0 Å². The number of nitrogens with one attached hydrogen (secondary N) is 2. The maximum absolute atomic E-state index is 11.1. The summed E-state index contributed by atoms with van der Waals surface area (Å²) in [5.41, 5.74) is 1.78. The van der Waals surface area contributed by atoms with Crippen molar-refractivity contribution in [3.05, 3.63) is 48.2 Å². The van der Waals surface area contributed by atoms with Gasteiger partial charge in [-0.25, -0.2) is 9.78 Å². The summed E-state index contributed by atoms with van der Waals surface area (Å²) in [7, 11) is 1.55. The molecule has 1 aromatic heterocycles. The van der Waals surface area contributed by atoms with E-state index < -0.39 is 0 Å². The molecule has 2 aromatic rings. The second-order valence-corrected chi connectivity index (χ2v) is 5.02. The Balaban J connectivity index is -0.000000254. The molecule has 5 heteroatoms. The predicted molar refractivity (Wildman–Crippen MR) is 157 cm³/mol. The van der Waals surface area contributed by atoms with Crippen LogP contribution in [-0.4, -0.2) is 18.1 Å². The van der Waals surface area contributed by atoms with Crippen molar-refractivity contribution in [3.63, 3.8) is 0 Å². The summed E-state index contributed by atoms with van der Waals surface area (Å²) < 4.78 is 5.58. The molecule has 0 spiro atoms. The van der Waals surface area contributed by atoms with E-state index in [9.17, 15) is 4.79 Å². The monoisotopic (exact) mass is 489 g/mol. The maximum Gasteiger partial charge on any atom is 0.319 e. The minimum absolute atomic E-state index is 0.283. The van der Waals surface area contributed by atoms with Crippen molar-refractivity contribution in [1.82, 2.24) is 10.3 Å². The van der Waals surface area contributed by atoms with E-state index in [2.05, 4.69) is 57.1 Å². The molecule has 0 radical (unpaired) electrons. The van der Waals surface area contributed by atoms with Gasteiger partial charge in [-0.1, -0.05) is 79.0 Å². The predicted octanol–water partition coefficient (Wildman–Crippen LogP) is 7.69. The summed E-state index contributed by atoms with van der Waals surface area (Å²) in [6.45, 7) is 19.7. The number of pyridine rings is 1. The van der Waals surface area contributed by atoms with Crippen molar-refractivity contribution in [2.75, 3.05) is 12.4 Å². The lowest BCUT2D eigenvalue weighted by Crippen LogP contribution is -2.24. The number of benzene rings is 1. The van der Waals surface area contributed by atoms with E-state index >= 15 is 0 Å². The second-order valence-electron chi connectivity index (χ2n) is 5.02. The average molecular weight is 490 g/mol. The molecule has 5 nitrogen and oxygen atoms in total. The van der Waals surface area contributed by atoms with Crippen LogP contribution < -0.4 is 15.4 Å². The van der Waals surface area contributed by atoms with Gasteiger partial charge in [0.25, 0.3) is 0 Å². The van der Waals surface area contributed by atoms with Gasteiger partial charge in [0, 0.05) is 13.1 Å². The lowest BCUT2D eigenvalue weighted by molar-refractivity contribution is 0.254. The Bertz CT molecular complexity index is 1000. The fourth-order valence-corrected chi connectivity index (χ4v) is 1.63. The number of ether oxygens (including phenoxy) is 1. The van der Waals surface area contributed by atoms with Gasteiger partial charge in [-0.2, -0.15) is 0 Å². The molecule has 0 aliphatic heterocycles. The van der Waals surface area contributed by atoms with E-state index in [4.69, 9.17) is 11.2 Å². The molecule has 0 bridgehead atoms. The number of carbonyl (C=O) groups excluding carboxylic acids is 1. The molecular formula is C31H43N3O2. The van der Waals surface area contributed by atoms with Gasteiger partial charge in [-0.3, -0.25) is 0 Å². The molecule has 2 N–H and O–H groups in total. The maximum atomic E-state index is 11.1. The van der Waals surface area contributed by atoms with Crippen molar-refractivity contribution in [2.24, 2.45) is 0 Å². The smallest absolute Gasteiger partial charge is 0.319 e. The summed E-state index contributed by atoms with van der Waals surface area (Å²) in [4.78, 5) is 15.2. The molecule has 0 saturated carbocycles. The zero-order valence-corrected chi connectivity index (χ0v) is 23.9. The van der Waals surface area contributed by atoms with Gasteiger partial charge >= 0.3 is 6.03 Å². The first-order valence-corrected chi connectivity index (χ1v) is 12.2. The number of nitrogens with zero attached hydrogens (tertiary/aromatic N) is 1. The summed E-state index contributed by atoms with van der Waals surface area (Å²) in [6, 6.07) is 10.8. The molecule has 0 unspecified atom stereocenters. The van der Waals surface area contributed by atoms with Crippen LogP contribution in [0.15, 0.2) is 42.6 Å². The molecule has 0 aliphatic rings. The summed E-state index contributed by atoms with van der Waals surface area (Å²) in [5.74, 6) is 18.2. The topological polar surface area (TPSA) is 63.2 Å². The van der Waals surface area contributed by atoms with Crippen molar-refractivity contribution >= 4 is 11.7 Å². The number of hydrogen-bond acceptors (Lipinski definition) is 3. The number of hydrogen-bond donors (Lipinski definition) is 2. The quantitative estimate of drug-likeness (QED) is 0.434. The minimum atomic E-state index is -0.283. The summed E-state index contributed by atoms with van der Waals surface area (Å²) in [6.07, 6.45) is 6.36. The molecule has 2 rings (SSSR count). The van der Waals surface area contributed by atoms with Crippen molar-refractivity contribution < 1.29 is 9.53 Å². The van der Waals surface area contributed by atoms with Gasteiger partial charge in [0.05, 0.1) is 11.9 Å². The molecule has 0 saturated heterocycles. The first kappa shape index (κ1) is 38.9. The Kier molecular flexibility index (Phi) is 35.5. The Morgan fingerprint density at radius 3 is 1.81 bits per heavy atom. The third-order valence-corrected chi connectivity index (χ3v) is 2.91. The number of terminal acetylenes is 1. The second kappa shape index (κ2) is 32.9. The third-order valence-electron chi connectivity index (χ3n) is 2.91. The molecular weight excluding hydrogens is 446 g/mol. The molecule has 1 aromatic carbocycles. The van der Waals surface area contributed by atoms with Gasteiger partial charge < -0.3 is 15.4 Å². The third kappa shape index (κ3) is 24.3. The SMILES string of the molecule is C#CC#CC#CC#CC.CC.CC.CC.CC.CNC(=O)Nc1ccc(Oc2ccc(C)cc2)nc1. The largest absolute Gasteiger partial charge is 0.439 e. The first-order chi connectivity index (χ1) is 17.6. The van der Waals surface area contributed by atoms with Crippen molar-refractivity contribution in [3.8, 4) is 59.5 Å². The molecule has 36 heavy (non-hydrogen) atoms. The summed E-state index contributed by atoms with van der Waals surface area (Å²) in [5, 5.41) is 5.09. The highest BCUT2D eigenvalue weighted by atomic mass is 16.5. The van der Waals surface area contributed by atoms with Crippen LogP contribution in [0.25, 0.3) is 0 Å². The highest BCUT2D eigenvalue weighted by Gasteiger charge is 2.01. The van der Waals surface area contributed by atoms with Crippen molar-refractivity contribution in [1.29, 1.82) is 0 Å². The molecule has 0 fully saturated rings. The molecule has 0 atom stereocenters. The van der Waals surface area contributed by atoms with Crippen LogP contribution in [0.1, 0.15) is 67.9 Å². The number of carbonyl (C=O) groups is 1. The summed E-state index contributed by atoms with van der Waals surface area (Å²) >= 11 is 0. The molecule has 2 amide bonds. The highest BCUT2D eigenvalue weighted by molar-refractivity contribution is 5.88. The number of urea groups is 1. The number of amides is 2. The van der Waals surface area contributed by atoms with E-state index in [1.165, 1.54) is 5.56 Å². The van der Waals surface area contributed by atoms with Crippen LogP contribution in [0.5, 0.6) is 11.6 Å². The van der Waals surface area contributed by atoms with Crippen LogP contribution in [0, 0.1) is 54.8 Å². The standard InChI is InChI=1S/C14H15N3O2.C9H4.4C2H6/c1-10-3-6-12(7-4-10)19-13-8-5-11(9-16-13)17-14(18)15-2;1-3-5-7-9-8-6-4-2;4*1-2/h3-9H,1-2H3,(H2,15,17,18);1H,2H3;4*1-2H3. The van der Waals surface area contributed by atoms with Gasteiger partial charge in [0.1, 0.15) is 5.75 Å². The van der Waals surface area contributed by atoms with E-state index in [0.717, 1.165) is 5.75 Å². The Labute approximate surface area is 220 Å². The zero-order chi connectivity index (χ0) is 28.6. The van der Waals surface area contributed by atoms with E-state index in [1.807, 2.05) is 86.6 Å². The van der Waals surface area contributed by atoms with E-state index in [-0.39, 0.29) is 6.03 Å². The van der Waals surface area contributed by atoms with Gasteiger partial charge in [-0.15, -0.1) is 6.42 Å². The van der Waals surface area contributed by atoms with E-state index in [0.29, 0.717) is 11.6 Å². The minimum Gasteiger partial charge on any atom is -0.439 e. The fourth-order valence-electron chi connectivity index (χ4n) is 1.63. The zero-order valence-electron chi connectivity index (χ0n) is 23.9. The van der Waals surface area contributed by atoms with Crippen LogP contribution >= 0.6 is 0 Å². The highest BCUT2D eigenvalue weighted by Crippen LogP contribution is 2.20. The number of rotatable bonds is 3. The lowest BCUT2D eigenvalue weighted by Gasteiger charge is -2.07. The van der Waals surface area contributed by atoms with Crippen LogP contribution in [0.4, 0.5) is 10.5 Å². The fraction of sp³-hybridized carbons (Fsp3) is 0.355. The molecule has 194 valence electrons. The number of aryl methyl sites for hydroxylation is 1. The van der Waals surface area contributed by atoms with Crippen molar-refractivity contribution in [2.45, 2.75) is 69.2 Å². The Morgan fingerprint density at radius 2 is 1.36 bits per heavy atom. The van der Waals surface area contributed by atoms with Crippen LogP contribution in [0.2, 0.25) is 0 Å². The lowest BCUT2D eigenvalue weighted by atomic mass is 10.2. The molecule has 1 heterocycles. The first-order valence-electron chi connectivity index (χ1n) is 12.2. The normalized spacial score (nSPS) is 6.72. The Morgan fingerprint density at radius 1 is 0.833 bits per heavy atom. The molecule has 0 aliphatic carbocycles. The Hall–Kier alpha value is -4.32. The van der Waals surface area contributed by atoms with Crippen LogP contribution in [-0.2, 0) is 0 Å². The van der Waals surface area contributed by atoms with Gasteiger partial charge in [0.2, 0.25) is 5.88 Å². The van der Waals surface area contributed by atoms with E-state index in [1.54, 1.807) is 32.3 Å². The average Bonchev–Trinajstić information content (AvgIpc) is 2.96. The number of anilines is 1. The number of aromatic nitrogens is 1.